The van der Waals surface area contributed by atoms with Gasteiger partial charge in [0.1, 0.15) is 0 Å². The summed E-state index contributed by atoms with van der Waals surface area (Å²) in [7, 11) is 0. The average molecular weight is 349 g/mol. The molecule has 0 fully saturated rings. The summed E-state index contributed by atoms with van der Waals surface area (Å²) in [5, 5.41) is 12.1. The van der Waals surface area contributed by atoms with E-state index in [0.717, 1.165) is 21.7 Å². The maximum absolute atomic E-state index is 4.45. The molecule has 0 saturated heterocycles. The molecule has 0 spiro atoms. The van der Waals surface area contributed by atoms with Gasteiger partial charge in [-0.3, -0.25) is 0 Å². The zero-order valence-corrected chi connectivity index (χ0v) is 13.1. The van der Waals surface area contributed by atoms with Gasteiger partial charge in [-0.1, -0.05) is 18.2 Å². The molecule has 0 bridgehead atoms. The smallest absolute Gasteiger partial charge is 0.0969 e. The standard InChI is InChI=1S/C14H13BrN4S/c15-14-7-6-13(20-14)10-16-8-11-9-17-19(18-11)12-4-2-1-3-5-12/h1-7,9,16H,8,10H2. The van der Waals surface area contributed by atoms with Gasteiger partial charge in [0.2, 0.25) is 0 Å². The molecule has 2 heterocycles. The molecule has 6 heteroatoms. The highest BCUT2D eigenvalue weighted by Gasteiger charge is 2.03. The van der Waals surface area contributed by atoms with Crippen molar-refractivity contribution in [2.24, 2.45) is 0 Å². The van der Waals surface area contributed by atoms with Crippen molar-refractivity contribution in [3.05, 3.63) is 63.0 Å². The van der Waals surface area contributed by atoms with Crippen LogP contribution in [0.1, 0.15) is 10.6 Å². The van der Waals surface area contributed by atoms with E-state index in [0.29, 0.717) is 6.54 Å². The fourth-order valence-corrected chi connectivity index (χ4v) is 3.27. The molecule has 3 aromatic rings. The topological polar surface area (TPSA) is 42.7 Å². The molecule has 0 aliphatic rings. The molecule has 0 aliphatic heterocycles. The van der Waals surface area contributed by atoms with E-state index in [1.807, 2.05) is 30.3 Å². The molecule has 0 radical (unpaired) electrons. The highest BCUT2D eigenvalue weighted by atomic mass is 79.9. The van der Waals surface area contributed by atoms with E-state index in [1.54, 1.807) is 22.3 Å². The lowest BCUT2D eigenvalue weighted by Crippen LogP contribution is -2.12. The van der Waals surface area contributed by atoms with Crippen LogP contribution in [0.15, 0.2) is 52.4 Å². The van der Waals surface area contributed by atoms with Crippen LogP contribution in [0.2, 0.25) is 0 Å². The van der Waals surface area contributed by atoms with Crippen molar-refractivity contribution in [1.82, 2.24) is 20.3 Å². The van der Waals surface area contributed by atoms with Crippen LogP contribution in [0.4, 0.5) is 0 Å². The highest BCUT2D eigenvalue weighted by Crippen LogP contribution is 2.21. The molecule has 1 N–H and O–H groups in total. The van der Waals surface area contributed by atoms with Gasteiger partial charge in [0.25, 0.3) is 0 Å². The van der Waals surface area contributed by atoms with E-state index in [9.17, 15) is 0 Å². The molecule has 2 aromatic heterocycles. The molecule has 0 saturated carbocycles. The minimum absolute atomic E-state index is 0.711. The molecule has 0 atom stereocenters. The lowest BCUT2D eigenvalue weighted by molar-refractivity contribution is 0.667. The van der Waals surface area contributed by atoms with Crippen LogP contribution in [0.25, 0.3) is 5.69 Å². The van der Waals surface area contributed by atoms with Gasteiger partial charge in [0.15, 0.2) is 0 Å². The zero-order chi connectivity index (χ0) is 13.8. The van der Waals surface area contributed by atoms with Crippen LogP contribution in [0.5, 0.6) is 0 Å². The largest absolute Gasteiger partial charge is 0.306 e. The van der Waals surface area contributed by atoms with Gasteiger partial charge in [0.05, 0.1) is 21.4 Å². The molecule has 3 rings (SSSR count). The van der Waals surface area contributed by atoms with E-state index < -0.39 is 0 Å². The number of halogens is 1. The molecule has 0 amide bonds. The molecule has 1 aromatic carbocycles. The van der Waals surface area contributed by atoms with Crippen LogP contribution >= 0.6 is 27.3 Å². The highest BCUT2D eigenvalue weighted by molar-refractivity contribution is 9.11. The van der Waals surface area contributed by atoms with Gasteiger partial charge >= 0.3 is 0 Å². The summed E-state index contributed by atoms with van der Waals surface area (Å²) >= 11 is 5.20. The second kappa shape index (κ2) is 6.30. The Morgan fingerprint density at radius 1 is 1.10 bits per heavy atom. The van der Waals surface area contributed by atoms with Gasteiger partial charge in [-0.05, 0) is 40.2 Å². The number of nitrogens with one attached hydrogen (secondary N) is 1. The quantitative estimate of drug-likeness (QED) is 0.768. The van der Waals surface area contributed by atoms with Crippen molar-refractivity contribution >= 4 is 27.3 Å². The third kappa shape index (κ3) is 3.33. The minimum atomic E-state index is 0.711. The summed E-state index contributed by atoms with van der Waals surface area (Å²) in [6, 6.07) is 14.1. The fraction of sp³-hybridized carbons (Fsp3) is 0.143. The second-order valence-electron chi connectivity index (χ2n) is 4.27. The maximum atomic E-state index is 4.45. The third-order valence-corrected chi connectivity index (χ3v) is 4.38. The zero-order valence-electron chi connectivity index (χ0n) is 10.7. The number of thiophene rings is 1. The van der Waals surface area contributed by atoms with Crippen LogP contribution in [-0.4, -0.2) is 15.0 Å². The molecular formula is C14H13BrN4S. The minimum Gasteiger partial charge on any atom is -0.306 e. The van der Waals surface area contributed by atoms with E-state index in [1.165, 1.54) is 4.88 Å². The van der Waals surface area contributed by atoms with Gasteiger partial charge in [-0.2, -0.15) is 15.0 Å². The average Bonchev–Trinajstić information content (AvgIpc) is 3.09. The van der Waals surface area contributed by atoms with E-state index >= 15 is 0 Å². The van der Waals surface area contributed by atoms with Gasteiger partial charge < -0.3 is 5.32 Å². The van der Waals surface area contributed by atoms with E-state index in [-0.39, 0.29) is 0 Å². The lowest BCUT2D eigenvalue weighted by atomic mass is 10.3. The number of aromatic nitrogens is 3. The van der Waals surface area contributed by atoms with Crippen molar-refractivity contribution < 1.29 is 0 Å². The van der Waals surface area contributed by atoms with E-state index in [4.69, 9.17) is 0 Å². The molecule has 102 valence electrons. The SMILES string of the molecule is Brc1ccc(CNCc2cnn(-c3ccccc3)n2)s1. The summed E-state index contributed by atoms with van der Waals surface area (Å²) in [6.45, 7) is 1.55. The van der Waals surface area contributed by atoms with Gasteiger partial charge in [-0.15, -0.1) is 11.3 Å². The molecule has 4 nitrogen and oxygen atoms in total. The molecule has 0 unspecified atom stereocenters. The Morgan fingerprint density at radius 2 is 1.95 bits per heavy atom. The van der Waals surface area contributed by atoms with Crippen molar-refractivity contribution in [1.29, 1.82) is 0 Å². The van der Waals surface area contributed by atoms with Crippen molar-refractivity contribution in [2.75, 3.05) is 0 Å². The molecule has 0 aliphatic carbocycles. The summed E-state index contributed by atoms with van der Waals surface area (Å²) < 4.78 is 1.16. The molecular weight excluding hydrogens is 336 g/mol. The first kappa shape index (κ1) is 13.5. The van der Waals surface area contributed by atoms with Crippen LogP contribution in [-0.2, 0) is 13.1 Å². The Bertz CT molecular complexity index is 677. The van der Waals surface area contributed by atoms with E-state index in [2.05, 4.69) is 43.6 Å². The maximum Gasteiger partial charge on any atom is 0.0969 e. The Morgan fingerprint density at radius 3 is 2.70 bits per heavy atom. The fourth-order valence-electron chi connectivity index (χ4n) is 1.82. The van der Waals surface area contributed by atoms with Crippen LogP contribution in [0.3, 0.4) is 0 Å². The van der Waals surface area contributed by atoms with Gasteiger partial charge in [-0.25, -0.2) is 0 Å². The number of para-hydroxylation sites is 1. The monoisotopic (exact) mass is 348 g/mol. The Labute approximate surface area is 129 Å². The van der Waals surface area contributed by atoms with Crippen molar-refractivity contribution in [3.63, 3.8) is 0 Å². The molecule has 20 heavy (non-hydrogen) atoms. The third-order valence-electron chi connectivity index (χ3n) is 2.76. The number of benzene rings is 1. The number of hydrogen-bond donors (Lipinski definition) is 1. The summed E-state index contributed by atoms with van der Waals surface area (Å²) in [6.07, 6.45) is 1.80. The van der Waals surface area contributed by atoms with Crippen molar-refractivity contribution in [3.8, 4) is 5.69 Å². The number of rotatable bonds is 5. The Kier molecular flexibility index (Phi) is 4.25. The predicted octanol–water partition coefficient (Wildman–Crippen LogP) is 3.38. The van der Waals surface area contributed by atoms with Crippen LogP contribution in [0, 0.1) is 0 Å². The van der Waals surface area contributed by atoms with Crippen LogP contribution < -0.4 is 5.32 Å². The first-order valence-corrected chi connectivity index (χ1v) is 7.84. The Balaban J connectivity index is 1.58. The number of hydrogen-bond acceptors (Lipinski definition) is 4. The first-order valence-electron chi connectivity index (χ1n) is 6.23. The second-order valence-corrected chi connectivity index (χ2v) is 6.82. The number of nitrogens with zero attached hydrogens (tertiary/aromatic N) is 3. The normalized spacial score (nSPS) is 10.8. The first-order chi connectivity index (χ1) is 9.81. The predicted molar refractivity (Wildman–Crippen MR) is 83.9 cm³/mol. The van der Waals surface area contributed by atoms with Gasteiger partial charge in [0, 0.05) is 18.0 Å². The summed E-state index contributed by atoms with van der Waals surface area (Å²) in [5.74, 6) is 0. The summed E-state index contributed by atoms with van der Waals surface area (Å²) in [4.78, 5) is 2.95. The van der Waals surface area contributed by atoms with Crippen molar-refractivity contribution in [2.45, 2.75) is 13.1 Å². The lowest BCUT2D eigenvalue weighted by Gasteiger charge is -2.00. The summed E-state index contributed by atoms with van der Waals surface area (Å²) in [5.41, 5.74) is 1.91. The Hall–Kier alpha value is -1.50.